The van der Waals surface area contributed by atoms with E-state index < -0.39 is 0 Å². The molecule has 1 heterocycles. The average molecular weight is 244 g/mol. The van der Waals surface area contributed by atoms with Gasteiger partial charge in [-0.15, -0.1) is 0 Å². The summed E-state index contributed by atoms with van der Waals surface area (Å²) in [6, 6.07) is 8.11. The molecule has 0 unspecified atom stereocenters. The summed E-state index contributed by atoms with van der Waals surface area (Å²) in [4.78, 5) is 15.0. The molecule has 0 atom stereocenters. The van der Waals surface area contributed by atoms with Crippen molar-refractivity contribution >= 4 is 5.91 Å². The van der Waals surface area contributed by atoms with Crippen LogP contribution in [0.1, 0.15) is 24.5 Å². The Morgan fingerprint density at radius 2 is 2.00 bits per heavy atom. The van der Waals surface area contributed by atoms with Gasteiger partial charge in [0.1, 0.15) is 12.7 Å². The van der Waals surface area contributed by atoms with Gasteiger partial charge in [-0.25, -0.2) is 9.67 Å². The molecule has 0 aliphatic carbocycles. The van der Waals surface area contributed by atoms with Gasteiger partial charge in [-0.2, -0.15) is 5.10 Å². The third-order valence-electron chi connectivity index (χ3n) is 2.64. The van der Waals surface area contributed by atoms with Crippen LogP contribution >= 0.6 is 0 Å². The molecule has 1 N–H and O–H groups in total. The zero-order valence-electron chi connectivity index (χ0n) is 10.3. The largest absolute Gasteiger partial charge is 0.352 e. The molecule has 1 amide bonds. The average Bonchev–Trinajstić information content (AvgIpc) is 2.90. The van der Waals surface area contributed by atoms with Crippen molar-refractivity contribution in [2.24, 2.45) is 0 Å². The maximum absolute atomic E-state index is 11.1. The van der Waals surface area contributed by atoms with Gasteiger partial charge < -0.3 is 5.32 Å². The number of aromatic nitrogens is 3. The van der Waals surface area contributed by atoms with Crippen molar-refractivity contribution in [3.05, 3.63) is 48.0 Å². The Balaban J connectivity index is 1.91. The monoisotopic (exact) mass is 244 g/mol. The summed E-state index contributed by atoms with van der Waals surface area (Å²) in [7, 11) is 0. The zero-order valence-corrected chi connectivity index (χ0v) is 10.3. The third kappa shape index (κ3) is 3.41. The minimum absolute atomic E-state index is 0.0710. The van der Waals surface area contributed by atoms with Crippen LogP contribution in [-0.2, 0) is 17.9 Å². The first-order chi connectivity index (χ1) is 8.78. The Morgan fingerprint density at radius 1 is 1.28 bits per heavy atom. The first-order valence-electron chi connectivity index (χ1n) is 5.95. The van der Waals surface area contributed by atoms with Gasteiger partial charge in [0, 0.05) is 13.0 Å². The fourth-order valence-corrected chi connectivity index (χ4v) is 1.59. The summed E-state index contributed by atoms with van der Waals surface area (Å²) >= 11 is 0. The number of carbonyl (C=O) groups excluding carboxylic acids is 1. The molecule has 2 aromatic rings. The molecule has 0 bridgehead atoms. The van der Waals surface area contributed by atoms with Crippen LogP contribution in [0.2, 0.25) is 0 Å². The number of benzene rings is 1. The van der Waals surface area contributed by atoms with Crippen LogP contribution in [0, 0.1) is 0 Å². The number of hydrogen-bond acceptors (Lipinski definition) is 3. The molecule has 0 saturated carbocycles. The minimum atomic E-state index is 0.0710. The van der Waals surface area contributed by atoms with Crippen LogP contribution in [-0.4, -0.2) is 20.7 Å². The molecule has 0 spiro atoms. The van der Waals surface area contributed by atoms with Gasteiger partial charge in [-0.3, -0.25) is 4.79 Å². The highest BCUT2D eigenvalue weighted by atomic mass is 16.1. The second-order valence-electron chi connectivity index (χ2n) is 4.04. The third-order valence-corrected chi connectivity index (χ3v) is 2.64. The normalized spacial score (nSPS) is 10.3. The number of rotatable bonds is 5. The highest BCUT2D eigenvalue weighted by Crippen LogP contribution is 2.05. The van der Waals surface area contributed by atoms with E-state index in [2.05, 4.69) is 15.4 Å². The van der Waals surface area contributed by atoms with E-state index in [4.69, 9.17) is 0 Å². The molecular formula is C13H16N4O. The molecule has 5 heteroatoms. The summed E-state index contributed by atoms with van der Waals surface area (Å²) in [5.74, 6) is 0.0710. The van der Waals surface area contributed by atoms with Crippen LogP contribution < -0.4 is 5.32 Å². The van der Waals surface area contributed by atoms with E-state index >= 15 is 0 Å². The SMILES string of the molecule is CCC(=O)NCc1ccc(Cn2cncn2)cc1. The summed E-state index contributed by atoms with van der Waals surface area (Å²) < 4.78 is 1.77. The van der Waals surface area contributed by atoms with E-state index in [1.54, 1.807) is 11.0 Å². The van der Waals surface area contributed by atoms with Crippen molar-refractivity contribution in [3.8, 4) is 0 Å². The molecule has 0 aliphatic rings. The Labute approximate surface area is 106 Å². The summed E-state index contributed by atoms with van der Waals surface area (Å²) in [5, 5.41) is 6.90. The Bertz CT molecular complexity index is 490. The Morgan fingerprint density at radius 3 is 2.61 bits per heavy atom. The van der Waals surface area contributed by atoms with E-state index in [9.17, 15) is 4.79 Å². The quantitative estimate of drug-likeness (QED) is 0.863. The van der Waals surface area contributed by atoms with Crippen LogP contribution in [0.4, 0.5) is 0 Å². The molecule has 0 aliphatic heterocycles. The Kier molecular flexibility index (Phi) is 4.06. The van der Waals surface area contributed by atoms with E-state index in [1.807, 2.05) is 31.2 Å². The molecule has 5 nitrogen and oxygen atoms in total. The zero-order chi connectivity index (χ0) is 12.8. The predicted octanol–water partition coefficient (Wildman–Crippen LogP) is 1.35. The van der Waals surface area contributed by atoms with Crippen molar-refractivity contribution < 1.29 is 4.79 Å². The lowest BCUT2D eigenvalue weighted by Gasteiger charge is -2.05. The topological polar surface area (TPSA) is 59.8 Å². The number of carbonyl (C=O) groups is 1. The molecule has 2 rings (SSSR count). The van der Waals surface area contributed by atoms with Gasteiger partial charge in [-0.05, 0) is 11.1 Å². The molecule has 0 saturated heterocycles. The van der Waals surface area contributed by atoms with E-state index in [0.29, 0.717) is 19.5 Å². The van der Waals surface area contributed by atoms with Gasteiger partial charge in [0.2, 0.25) is 5.91 Å². The van der Waals surface area contributed by atoms with Gasteiger partial charge in [0.05, 0.1) is 6.54 Å². The lowest BCUT2D eigenvalue weighted by molar-refractivity contribution is -0.120. The first kappa shape index (κ1) is 12.3. The Hall–Kier alpha value is -2.17. The molecule has 94 valence electrons. The van der Waals surface area contributed by atoms with Crippen molar-refractivity contribution in [1.82, 2.24) is 20.1 Å². The van der Waals surface area contributed by atoms with Gasteiger partial charge in [-0.1, -0.05) is 31.2 Å². The van der Waals surface area contributed by atoms with Crippen LogP contribution in [0.15, 0.2) is 36.9 Å². The number of hydrogen-bond donors (Lipinski definition) is 1. The smallest absolute Gasteiger partial charge is 0.219 e. The van der Waals surface area contributed by atoms with Crippen molar-refractivity contribution in [2.75, 3.05) is 0 Å². The lowest BCUT2D eigenvalue weighted by Crippen LogP contribution is -2.21. The van der Waals surface area contributed by atoms with Crippen LogP contribution in [0.25, 0.3) is 0 Å². The molecular weight excluding hydrogens is 228 g/mol. The highest BCUT2D eigenvalue weighted by molar-refractivity contribution is 5.75. The molecule has 0 radical (unpaired) electrons. The number of nitrogens with zero attached hydrogens (tertiary/aromatic N) is 3. The second kappa shape index (κ2) is 5.95. The minimum Gasteiger partial charge on any atom is -0.352 e. The van der Waals surface area contributed by atoms with Gasteiger partial charge in [0.25, 0.3) is 0 Å². The first-order valence-corrected chi connectivity index (χ1v) is 5.95. The lowest BCUT2D eigenvalue weighted by atomic mass is 10.1. The van der Waals surface area contributed by atoms with E-state index in [0.717, 1.165) is 11.1 Å². The number of amides is 1. The van der Waals surface area contributed by atoms with E-state index in [1.165, 1.54) is 6.33 Å². The maximum atomic E-state index is 11.1. The fourth-order valence-electron chi connectivity index (χ4n) is 1.59. The van der Waals surface area contributed by atoms with Crippen LogP contribution in [0.3, 0.4) is 0 Å². The number of nitrogens with one attached hydrogen (secondary N) is 1. The van der Waals surface area contributed by atoms with Crippen molar-refractivity contribution in [2.45, 2.75) is 26.4 Å². The van der Waals surface area contributed by atoms with Crippen LogP contribution in [0.5, 0.6) is 0 Å². The fraction of sp³-hybridized carbons (Fsp3) is 0.308. The summed E-state index contributed by atoms with van der Waals surface area (Å²) in [6.45, 7) is 3.13. The van der Waals surface area contributed by atoms with Gasteiger partial charge in [0.15, 0.2) is 0 Å². The van der Waals surface area contributed by atoms with Crippen molar-refractivity contribution in [3.63, 3.8) is 0 Å². The second-order valence-corrected chi connectivity index (χ2v) is 4.04. The van der Waals surface area contributed by atoms with Crippen molar-refractivity contribution in [1.29, 1.82) is 0 Å². The molecule has 1 aromatic heterocycles. The summed E-state index contributed by atoms with van der Waals surface area (Å²) in [5.41, 5.74) is 2.25. The predicted molar refractivity (Wildman–Crippen MR) is 67.7 cm³/mol. The highest BCUT2D eigenvalue weighted by Gasteiger charge is 1.99. The van der Waals surface area contributed by atoms with Gasteiger partial charge >= 0.3 is 0 Å². The van der Waals surface area contributed by atoms with E-state index in [-0.39, 0.29) is 5.91 Å². The maximum Gasteiger partial charge on any atom is 0.219 e. The standard InChI is InChI=1S/C13H16N4O/c1-2-13(18)15-7-11-3-5-12(6-4-11)8-17-10-14-9-16-17/h3-6,9-10H,2,7-8H2,1H3,(H,15,18). The summed E-state index contributed by atoms with van der Waals surface area (Å²) in [6.07, 6.45) is 3.73. The molecule has 1 aromatic carbocycles. The molecule has 0 fully saturated rings. The molecule has 18 heavy (non-hydrogen) atoms.